The molecule has 0 bridgehead atoms. The molecule has 0 saturated heterocycles. The fraction of sp³-hybridized carbons (Fsp3) is 0.559. The zero-order valence-corrected chi connectivity index (χ0v) is 25.6. The van der Waals surface area contributed by atoms with Crippen molar-refractivity contribution >= 4 is 5.91 Å². The second-order valence-electron chi connectivity index (χ2n) is 10.8. The number of nitrogens with zero attached hydrogens (tertiary/aromatic N) is 1. The Bertz CT molecular complexity index is 1010. The minimum absolute atomic E-state index is 0.128. The molecular formula is C34H53NO7. The van der Waals surface area contributed by atoms with Gasteiger partial charge in [0.1, 0.15) is 6.23 Å². The molecule has 1 fully saturated rings. The van der Waals surface area contributed by atoms with Gasteiger partial charge in [0, 0.05) is 32.2 Å². The Kier molecular flexibility index (Phi) is 17.7. The number of aliphatic hydroxyl groups excluding tert-OH is 4. The van der Waals surface area contributed by atoms with Crippen molar-refractivity contribution in [3.63, 3.8) is 0 Å². The largest absolute Gasteiger partial charge is 0.504 e. The van der Waals surface area contributed by atoms with E-state index in [1.54, 1.807) is 12.1 Å². The Morgan fingerprint density at radius 3 is 2.43 bits per heavy atom. The van der Waals surface area contributed by atoms with E-state index < -0.39 is 24.5 Å². The highest BCUT2D eigenvalue weighted by molar-refractivity contribution is 5.76. The SMILES string of the molecule is C=CCC(C=C)CC[C@H](O)/C=C/[C@@H]1[C@@H](C/C=C\CCCC(=O)N(C)C(O)Cc2ccc(O)c(O)c2)[C@@H](O)C[C@H]1O.CC. The quantitative estimate of drug-likeness (QED) is 0.0652. The van der Waals surface area contributed by atoms with Crippen LogP contribution in [0.5, 0.6) is 11.5 Å². The maximum Gasteiger partial charge on any atom is 0.224 e. The van der Waals surface area contributed by atoms with Gasteiger partial charge in [0.05, 0.1) is 18.3 Å². The molecular weight excluding hydrogens is 534 g/mol. The van der Waals surface area contributed by atoms with Gasteiger partial charge in [0.2, 0.25) is 5.91 Å². The van der Waals surface area contributed by atoms with Gasteiger partial charge in [0.25, 0.3) is 0 Å². The molecule has 0 aromatic heterocycles. The summed E-state index contributed by atoms with van der Waals surface area (Å²) in [5.74, 6) is -0.844. The lowest BCUT2D eigenvalue weighted by molar-refractivity contribution is -0.138. The van der Waals surface area contributed by atoms with E-state index >= 15 is 0 Å². The van der Waals surface area contributed by atoms with Crippen molar-refractivity contribution in [2.45, 2.75) is 96.2 Å². The molecule has 1 aromatic carbocycles. The predicted molar refractivity (Wildman–Crippen MR) is 168 cm³/mol. The van der Waals surface area contributed by atoms with Gasteiger partial charge in [-0.3, -0.25) is 4.79 Å². The lowest BCUT2D eigenvalue weighted by Gasteiger charge is -2.24. The first-order valence-electron chi connectivity index (χ1n) is 15.1. The predicted octanol–water partition coefficient (Wildman–Crippen LogP) is 4.99. The summed E-state index contributed by atoms with van der Waals surface area (Å²) in [6, 6.07) is 4.27. The molecule has 0 aliphatic heterocycles. The highest BCUT2D eigenvalue weighted by Gasteiger charge is 2.39. The number of rotatable bonds is 17. The number of aliphatic hydroxyl groups is 4. The highest BCUT2D eigenvalue weighted by atomic mass is 16.3. The van der Waals surface area contributed by atoms with E-state index in [0.29, 0.717) is 37.7 Å². The molecule has 2 unspecified atom stereocenters. The standard InChI is InChI=1S/C32H47NO7.C2H6/c1-4-10-22(5-2)13-15-24(34)16-17-26-25(28(36)21-29(26)37)11-8-6-7-9-12-31(39)33(3)32(40)20-23-14-18-27(35)30(38)19-23;1-2/h4-6,8,14,16-19,22,24-26,28-29,32,34-38,40H,1-2,7,9-13,15,20-21H2,3H3;1-2H3/b8-6-,17-16+;/t22?,24-,25+,26+,28-,29+,32?;/m0./s1. The number of phenols is 2. The third-order valence-electron chi connectivity index (χ3n) is 7.74. The van der Waals surface area contributed by atoms with Crippen LogP contribution in [0.1, 0.15) is 70.8 Å². The summed E-state index contributed by atoms with van der Waals surface area (Å²) in [5, 5.41) is 60.7. The van der Waals surface area contributed by atoms with E-state index in [-0.39, 0.29) is 48.0 Å². The molecule has 8 nitrogen and oxygen atoms in total. The topological polar surface area (TPSA) is 142 Å². The van der Waals surface area contributed by atoms with Gasteiger partial charge in [-0.05, 0) is 68.1 Å². The summed E-state index contributed by atoms with van der Waals surface area (Å²) < 4.78 is 0. The first-order valence-corrected chi connectivity index (χ1v) is 15.1. The van der Waals surface area contributed by atoms with Gasteiger partial charge in [-0.25, -0.2) is 0 Å². The summed E-state index contributed by atoms with van der Waals surface area (Å²) in [5.41, 5.74) is 0.595. The van der Waals surface area contributed by atoms with E-state index in [2.05, 4.69) is 13.2 Å². The number of allylic oxidation sites excluding steroid dienone is 4. The van der Waals surface area contributed by atoms with E-state index in [1.165, 1.54) is 24.1 Å². The fourth-order valence-electron chi connectivity index (χ4n) is 5.12. The maximum atomic E-state index is 12.5. The first kappa shape index (κ1) is 37.1. The average molecular weight is 588 g/mol. The summed E-state index contributed by atoms with van der Waals surface area (Å²) in [6.45, 7) is 11.6. The number of aromatic hydroxyl groups is 2. The van der Waals surface area contributed by atoms with Gasteiger partial charge in [0.15, 0.2) is 11.5 Å². The zero-order chi connectivity index (χ0) is 31.7. The number of unbranched alkanes of at least 4 members (excludes halogenated alkanes) is 1. The zero-order valence-electron chi connectivity index (χ0n) is 25.6. The summed E-state index contributed by atoms with van der Waals surface area (Å²) in [6.07, 6.45) is 12.9. The molecule has 42 heavy (non-hydrogen) atoms. The number of hydrogen-bond donors (Lipinski definition) is 6. The molecule has 6 N–H and O–H groups in total. The molecule has 0 spiro atoms. The maximum absolute atomic E-state index is 12.5. The van der Waals surface area contributed by atoms with E-state index in [9.17, 15) is 35.4 Å². The lowest BCUT2D eigenvalue weighted by atomic mass is 9.89. The van der Waals surface area contributed by atoms with Gasteiger partial charge < -0.3 is 35.5 Å². The number of likely N-dealkylation sites (N-methyl/N-ethyl adjacent to an activating group) is 1. The van der Waals surface area contributed by atoms with Gasteiger partial charge in [-0.1, -0.05) is 56.4 Å². The first-order chi connectivity index (χ1) is 20.1. The van der Waals surface area contributed by atoms with Crippen LogP contribution in [0.2, 0.25) is 0 Å². The van der Waals surface area contributed by atoms with Crippen LogP contribution in [0.4, 0.5) is 0 Å². The summed E-state index contributed by atoms with van der Waals surface area (Å²) >= 11 is 0. The van der Waals surface area contributed by atoms with Crippen LogP contribution in [0.15, 0.2) is 67.8 Å². The molecule has 0 heterocycles. The van der Waals surface area contributed by atoms with Crippen LogP contribution >= 0.6 is 0 Å². The highest BCUT2D eigenvalue weighted by Crippen LogP contribution is 2.36. The Labute approximate surface area is 252 Å². The minimum Gasteiger partial charge on any atom is -0.504 e. The van der Waals surface area contributed by atoms with Gasteiger partial charge in [-0.2, -0.15) is 0 Å². The number of carbonyl (C=O) groups is 1. The van der Waals surface area contributed by atoms with Crippen molar-refractivity contribution in [2.75, 3.05) is 7.05 Å². The third kappa shape index (κ3) is 12.5. The van der Waals surface area contributed by atoms with Crippen LogP contribution in [-0.2, 0) is 11.2 Å². The smallest absolute Gasteiger partial charge is 0.224 e. The molecule has 2 rings (SSSR count). The number of phenolic OH excluding ortho intramolecular Hbond substituents is 2. The monoisotopic (exact) mass is 587 g/mol. The van der Waals surface area contributed by atoms with Crippen molar-refractivity contribution in [1.29, 1.82) is 0 Å². The Balaban J connectivity index is 0.00000431. The molecule has 1 aromatic rings. The van der Waals surface area contributed by atoms with Crippen molar-refractivity contribution in [3.05, 3.63) is 73.4 Å². The van der Waals surface area contributed by atoms with E-state index in [0.717, 1.165) is 12.8 Å². The normalized spacial score (nSPS) is 22.4. The number of hydrogen-bond acceptors (Lipinski definition) is 7. The van der Waals surface area contributed by atoms with E-state index in [4.69, 9.17) is 0 Å². The molecule has 1 amide bonds. The van der Waals surface area contributed by atoms with Crippen LogP contribution in [0.3, 0.4) is 0 Å². The third-order valence-corrected chi connectivity index (χ3v) is 7.74. The van der Waals surface area contributed by atoms with Crippen molar-refractivity contribution < 1.29 is 35.4 Å². The summed E-state index contributed by atoms with van der Waals surface area (Å²) in [4.78, 5) is 13.7. The molecule has 8 heteroatoms. The van der Waals surface area contributed by atoms with E-state index in [1.807, 2.05) is 44.2 Å². The average Bonchev–Trinajstić information content (AvgIpc) is 3.25. The number of carbonyl (C=O) groups excluding carboxylic acids is 1. The lowest BCUT2D eigenvalue weighted by Crippen LogP contribution is -2.38. The van der Waals surface area contributed by atoms with Crippen LogP contribution in [0.25, 0.3) is 0 Å². The number of amides is 1. The van der Waals surface area contributed by atoms with Crippen molar-refractivity contribution in [1.82, 2.24) is 4.90 Å². The molecule has 1 saturated carbocycles. The minimum atomic E-state index is -1.05. The fourth-order valence-corrected chi connectivity index (χ4v) is 5.12. The Hall–Kier alpha value is -2.91. The molecule has 1 aliphatic carbocycles. The summed E-state index contributed by atoms with van der Waals surface area (Å²) in [7, 11) is 1.53. The molecule has 1 aliphatic rings. The van der Waals surface area contributed by atoms with Crippen LogP contribution in [-0.4, -0.2) is 73.0 Å². The molecule has 236 valence electrons. The van der Waals surface area contributed by atoms with Crippen molar-refractivity contribution in [2.24, 2.45) is 17.8 Å². The van der Waals surface area contributed by atoms with Crippen molar-refractivity contribution in [3.8, 4) is 11.5 Å². The van der Waals surface area contributed by atoms with Gasteiger partial charge >= 0.3 is 0 Å². The number of benzene rings is 1. The van der Waals surface area contributed by atoms with Crippen LogP contribution in [0, 0.1) is 17.8 Å². The Morgan fingerprint density at radius 1 is 1.07 bits per heavy atom. The van der Waals surface area contributed by atoms with Crippen LogP contribution < -0.4 is 0 Å². The molecule has 7 atom stereocenters. The Morgan fingerprint density at radius 2 is 1.79 bits per heavy atom. The van der Waals surface area contributed by atoms with Gasteiger partial charge in [-0.15, -0.1) is 13.2 Å². The second kappa shape index (κ2) is 20.1. The molecule has 0 radical (unpaired) electrons. The second-order valence-corrected chi connectivity index (χ2v) is 10.8.